The molecule has 3 nitrogen and oxygen atoms in total. The number of pyridine rings is 1. The van der Waals surface area contributed by atoms with Crippen molar-refractivity contribution in [3.63, 3.8) is 0 Å². The molecule has 78 valence electrons. The second-order valence-electron chi connectivity index (χ2n) is 4.43. The van der Waals surface area contributed by atoms with Gasteiger partial charge in [-0.1, -0.05) is 6.07 Å². The predicted octanol–water partition coefficient (Wildman–Crippen LogP) is 2.28. The molecule has 0 unspecified atom stereocenters. The van der Waals surface area contributed by atoms with E-state index in [4.69, 9.17) is 10.5 Å². The van der Waals surface area contributed by atoms with Crippen molar-refractivity contribution >= 4 is 0 Å². The third-order valence-electron chi connectivity index (χ3n) is 1.70. The third-order valence-corrected chi connectivity index (χ3v) is 1.70. The van der Waals surface area contributed by atoms with E-state index in [1.54, 1.807) is 6.20 Å². The van der Waals surface area contributed by atoms with E-state index in [9.17, 15) is 0 Å². The molecule has 0 amide bonds. The predicted molar refractivity (Wildman–Crippen MR) is 57.2 cm³/mol. The highest BCUT2D eigenvalue weighted by Crippen LogP contribution is 2.17. The van der Waals surface area contributed by atoms with Crippen LogP contribution in [0, 0.1) is 0 Å². The van der Waals surface area contributed by atoms with E-state index in [2.05, 4.69) is 4.98 Å². The summed E-state index contributed by atoms with van der Waals surface area (Å²) in [4.78, 5) is 4.18. The van der Waals surface area contributed by atoms with Crippen LogP contribution in [0.2, 0.25) is 0 Å². The zero-order chi connectivity index (χ0) is 10.8. The maximum atomic E-state index is 5.71. The molecular weight excluding hydrogens is 176 g/mol. The van der Waals surface area contributed by atoms with Crippen LogP contribution in [0.3, 0.4) is 0 Å². The highest BCUT2D eigenvalue weighted by atomic mass is 16.5. The van der Waals surface area contributed by atoms with E-state index >= 15 is 0 Å². The van der Waals surface area contributed by atoms with Crippen LogP contribution in [-0.2, 0) is 0 Å². The Morgan fingerprint density at radius 3 is 2.36 bits per heavy atom. The lowest BCUT2D eigenvalue weighted by Crippen LogP contribution is -2.23. The minimum atomic E-state index is -0.206. The fourth-order valence-corrected chi connectivity index (χ4v) is 1.04. The monoisotopic (exact) mass is 194 g/mol. The molecule has 1 rings (SSSR count). The topological polar surface area (TPSA) is 48.1 Å². The van der Waals surface area contributed by atoms with E-state index in [0.717, 1.165) is 5.56 Å². The molecule has 0 saturated heterocycles. The van der Waals surface area contributed by atoms with Gasteiger partial charge in [-0.2, -0.15) is 0 Å². The van der Waals surface area contributed by atoms with Crippen molar-refractivity contribution in [1.82, 2.24) is 4.98 Å². The summed E-state index contributed by atoms with van der Waals surface area (Å²) >= 11 is 0. The molecule has 1 aromatic heterocycles. The minimum absolute atomic E-state index is 0.0196. The smallest absolute Gasteiger partial charge is 0.213 e. The molecule has 14 heavy (non-hydrogen) atoms. The van der Waals surface area contributed by atoms with E-state index in [-0.39, 0.29) is 11.6 Å². The van der Waals surface area contributed by atoms with Crippen LogP contribution in [0.4, 0.5) is 0 Å². The average molecular weight is 194 g/mol. The van der Waals surface area contributed by atoms with Gasteiger partial charge in [0.15, 0.2) is 0 Å². The average Bonchev–Trinajstić information content (AvgIpc) is 2.02. The van der Waals surface area contributed by atoms with Gasteiger partial charge in [0.25, 0.3) is 0 Å². The first kappa shape index (κ1) is 11.0. The zero-order valence-corrected chi connectivity index (χ0v) is 9.24. The van der Waals surface area contributed by atoms with Crippen LogP contribution in [0.25, 0.3) is 0 Å². The standard InChI is InChI=1S/C11H18N2O/c1-8(12)9-5-6-10(13-7-9)14-11(2,3)4/h5-8H,12H2,1-4H3/t8-/m0/s1. The maximum absolute atomic E-state index is 5.71. The Morgan fingerprint density at radius 2 is 2.00 bits per heavy atom. The molecule has 1 aromatic rings. The van der Waals surface area contributed by atoms with Gasteiger partial charge in [-0.15, -0.1) is 0 Å². The van der Waals surface area contributed by atoms with Crippen molar-refractivity contribution < 1.29 is 4.74 Å². The van der Waals surface area contributed by atoms with Crippen LogP contribution in [0.15, 0.2) is 18.3 Å². The molecular formula is C11H18N2O. The van der Waals surface area contributed by atoms with Gasteiger partial charge in [0.1, 0.15) is 5.60 Å². The lowest BCUT2D eigenvalue weighted by atomic mass is 10.1. The number of aromatic nitrogens is 1. The molecule has 1 heterocycles. The summed E-state index contributed by atoms with van der Waals surface area (Å²) in [7, 11) is 0. The number of ether oxygens (including phenoxy) is 1. The molecule has 2 N–H and O–H groups in total. The summed E-state index contributed by atoms with van der Waals surface area (Å²) in [5.41, 5.74) is 6.52. The molecule has 0 fully saturated rings. The van der Waals surface area contributed by atoms with E-state index in [1.807, 2.05) is 39.8 Å². The van der Waals surface area contributed by atoms with Crippen LogP contribution in [0.1, 0.15) is 39.3 Å². The Hall–Kier alpha value is -1.09. The van der Waals surface area contributed by atoms with Crippen molar-refractivity contribution in [2.75, 3.05) is 0 Å². The van der Waals surface area contributed by atoms with Crippen LogP contribution >= 0.6 is 0 Å². The number of nitrogens with zero attached hydrogens (tertiary/aromatic N) is 1. The van der Waals surface area contributed by atoms with Crippen LogP contribution in [-0.4, -0.2) is 10.6 Å². The second kappa shape index (κ2) is 3.96. The molecule has 0 aliphatic carbocycles. The Balaban J connectivity index is 2.74. The fourth-order valence-electron chi connectivity index (χ4n) is 1.04. The van der Waals surface area contributed by atoms with Gasteiger partial charge >= 0.3 is 0 Å². The van der Waals surface area contributed by atoms with Crippen molar-refractivity contribution in [3.05, 3.63) is 23.9 Å². The maximum Gasteiger partial charge on any atom is 0.213 e. The van der Waals surface area contributed by atoms with Crippen LogP contribution < -0.4 is 10.5 Å². The van der Waals surface area contributed by atoms with Gasteiger partial charge in [0.2, 0.25) is 5.88 Å². The SMILES string of the molecule is C[C@H](N)c1ccc(OC(C)(C)C)nc1. The summed E-state index contributed by atoms with van der Waals surface area (Å²) in [6.07, 6.45) is 1.76. The van der Waals surface area contributed by atoms with Crippen molar-refractivity contribution in [2.24, 2.45) is 5.73 Å². The Labute approximate surface area is 85.3 Å². The molecule has 0 bridgehead atoms. The largest absolute Gasteiger partial charge is 0.472 e. The summed E-state index contributed by atoms with van der Waals surface area (Å²) in [6.45, 7) is 7.91. The van der Waals surface area contributed by atoms with Crippen molar-refractivity contribution in [3.8, 4) is 5.88 Å². The normalized spacial score (nSPS) is 13.8. The molecule has 0 saturated carbocycles. The quantitative estimate of drug-likeness (QED) is 0.785. The summed E-state index contributed by atoms with van der Waals surface area (Å²) in [5, 5.41) is 0. The van der Waals surface area contributed by atoms with Gasteiger partial charge in [-0.25, -0.2) is 4.98 Å². The first-order valence-corrected chi connectivity index (χ1v) is 4.79. The highest BCUT2D eigenvalue weighted by Gasteiger charge is 2.12. The number of nitrogens with two attached hydrogens (primary N) is 1. The summed E-state index contributed by atoms with van der Waals surface area (Å²) in [6, 6.07) is 3.81. The number of hydrogen-bond acceptors (Lipinski definition) is 3. The number of hydrogen-bond donors (Lipinski definition) is 1. The minimum Gasteiger partial charge on any atom is -0.472 e. The molecule has 0 radical (unpaired) electrons. The van der Waals surface area contributed by atoms with E-state index in [1.165, 1.54) is 0 Å². The lowest BCUT2D eigenvalue weighted by Gasteiger charge is -2.20. The summed E-state index contributed by atoms with van der Waals surface area (Å²) < 4.78 is 5.58. The fraction of sp³-hybridized carbons (Fsp3) is 0.545. The molecule has 0 spiro atoms. The lowest BCUT2D eigenvalue weighted by molar-refractivity contribution is 0.124. The molecule has 0 aliphatic heterocycles. The first-order valence-electron chi connectivity index (χ1n) is 4.79. The second-order valence-corrected chi connectivity index (χ2v) is 4.43. The van der Waals surface area contributed by atoms with Crippen molar-refractivity contribution in [1.29, 1.82) is 0 Å². The Morgan fingerprint density at radius 1 is 1.36 bits per heavy atom. The highest BCUT2D eigenvalue weighted by molar-refractivity contribution is 5.20. The third kappa shape index (κ3) is 3.34. The molecule has 3 heteroatoms. The molecule has 0 aliphatic rings. The molecule has 1 atom stereocenters. The summed E-state index contributed by atoms with van der Waals surface area (Å²) in [5.74, 6) is 0.641. The Bertz CT molecular complexity index is 285. The van der Waals surface area contributed by atoms with Gasteiger partial charge in [0, 0.05) is 18.3 Å². The van der Waals surface area contributed by atoms with Gasteiger partial charge < -0.3 is 10.5 Å². The number of rotatable bonds is 2. The van der Waals surface area contributed by atoms with Gasteiger partial charge in [-0.05, 0) is 33.3 Å². The molecule has 0 aromatic carbocycles. The Kier molecular flexibility index (Phi) is 3.11. The van der Waals surface area contributed by atoms with Crippen LogP contribution in [0.5, 0.6) is 5.88 Å². The van der Waals surface area contributed by atoms with Crippen molar-refractivity contribution in [2.45, 2.75) is 39.3 Å². The van der Waals surface area contributed by atoms with Gasteiger partial charge in [0.05, 0.1) is 0 Å². The van der Waals surface area contributed by atoms with Gasteiger partial charge in [-0.3, -0.25) is 0 Å². The first-order chi connectivity index (χ1) is 6.38. The zero-order valence-electron chi connectivity index (χ0n) is 9.24. The van der Waals surface area contributed by atoms with E-state index < -0.39 is 0 Å². The van der Waals surface area contributed by atoms with E-state index in [0.29, 0.717) is 5.88 Å².